The van der Waals surface area contributed by atoms with Gasteiger partial charge in [-0.3, -0.25) is 82.3 Å². The van der Waals surface area contributed by atoms with Gasteiger partial charge in [-0.1, -0.05) is 88.3 Å². The van der Waals surface area contributed by atoms with Crippen LogP contribution in [-0.4, -0.2) is 294 Å². The maximum atomic E-state index is 16.0. The lowest BCUT2D eigenvalue weighted by Crippen LogP contribution is -2.61. The molecule has 0 bridgehead atoms. The summed E-state index contributed by atoms with van der Waals surface area (Å²) in [6.07, 6.45) is -1.62. The molecule has 53 heteroatoms. The molecule has 2 aliphatic heterocycles. The van der Waals surface area contributed by atoms with Crippen LogP contribution in [0, 0.1) is 0 Å². The second-order valence-corrected chi connectivity index (χ2v) is 36.8. The zero-order valence-corrected chi connectivity index (χ0v) is 81.3. The maximum Gasteiger partial charge on any atom is 0.326 e. The number of carboxylic acid groups (broad SMARTS) is 1. The number of fused-ring (bicyclic) bond motifs is 2. The molecule has 0 spiro atoms. The van der Waals surface area contributed by atoms with Crippen LogP contribution in [0.1, 0.15) is 145 Å². The number of guanidine groups is 4. The number of nitrogens with two attached hydrogens (primary N) is 13. The van der Waals surface area contributed by atoms with Gasteiger partial charge >= 0.3 is 18.0 Å². The molecule has 14 atom stereocenters. The summed E-state index contributed by atoms with van der Waals surface area (Å²) in [7, 11) is 1.45. The fraction of sp³-hybridized carbons (Fsp3) is 0.533. The first kappa shape index (κ1) is 117. The van der Waals surface area contributed by atoms with E-state index in [0.29, 0.717) is 29.4 Å². The van der Waals surface area contributed by atoms with Gasteiger partial charge in [0.05, 0.1) is 6.04 Å². The number of urea groups is 2. The Hall–Kier alpha value is -14.5. The minimum absolute atomic E-state index is 0.0122. The van der Waals surface area contributed by atoms with Crippen LogP contribution in [0.15, 0.2) is 111 Å². The summed E-state index contributed by atoms with van der Waals surface area (Å²) in [6.45, 7) is -0.421. The van der Waals surface area contributed by atoms with Gasteiger partial charge in [-0.25, -0.2) is 14.4 Å². The van der Waals surface area contributed by atoms with Gasteiger partial charge in [0.1, 0.15) is 90.0 Å². The molecule has 2 heterocycles. The molecule has 2 saturated heterocycles. The minimum Gasteiger partial charge on any atom is -0.508 e. The number of benzene rings is 4. The number of nitrogens with one attached hydrogen (secondary N) is 14. The van der Waals surface area contributed by atoms with Gasteiger partial charge in [0.2, 0.25) is 76.8 Å². The predicted molar refractivity (Wildman–Crippen MR) is 539 cm³/mol. The number of aliphatic imine (C=N–C) groups is 4. The maximum absolute atomic E-state index is 16.0. The standard InChI is InChI=1S/C90H140N32O19S2/c91-35-5-3-17-58-74(128)115-63(18-4-6-36-92)83(137)122-43-13-24-70(122)82(136)119-66(46-51-28-33-56(124)34-29-51)78(132)114-61(21-10-40-107-88(100)101)73(127)112-62(22-11-41-108-89(102)140)76(130)120-68(80(134)116-64(84(138)139)23-12-42-109-90(103)141)48-142-143-49-69(81(135)118-65(45-50-26-31-55(123)32-27-50)77(131)113-60(72(126)111-58)20-9-39-106-87(98)99)121-79(133)67(47-52-25-30-53-14-1-2-15-54(53)44-52)117-75(129)59(19-8-38-105-86(96)97)110-71(125)57(93)16-7-37-104-85(94)95/h1-2,14-15,25-34,44,57-70,123-124H,3-13,16-24,35-43,45-49,91-93H2,(H,110,125)(H,111,126)(H,112,127)(H,113,131)(H,114,132)(H,115,128)(H,116,134)(H,117,129)(H,118,135)(H,119,136)(H,120,130)(H,121,133)(H,138,139)(H4,94,95,104)(H4,96,97,105)(H4,98,99,106)(H4,100,101,107)(H3,102,108,140)(H3,103,109,141)/t57-,58-,59-,60-,61-,62-,63+,64-,65-,66-,67-,68-,69-,70-/m0/s1. The van der Waals surface area contributed by atoms with E-state index in [9.17, 15) is 34.5 Å². The Bertz CT molecular complexity index is 5030. The SMILES string of the molecule is NCCCC[C@@H]1NC(=O)[C@H](CCCN=C(N)N)NC(=O)[C@H](Cc2ccc(O)cc2)NC(=O)[C@@H](NC(=O)[C@H](Cc2ccc3ccccc3c2)NC(=O)[C@H](CCCN=C(N)N)NC(=O)[C@@H](N)CCCN=C(N)N)CSSC[C@@H](C(=O)N[C@@H](CCCNC(N)=O)C(=O)O)NC(=O)[C@H](CCCNC(N)=O)NC(=O)[C@H](CCCN=C(N)N)NC(=O)[C@H](Cc2ccc(O)cc2)NC(=O)[C@@H]2CCCN2C(=O)[C@@H](CCCCN)NC1=O. The van der Waals surface area contributed by atoms with E-state index in [4.69, 9.17) is 74.5 Å². The molecular formula is C90H140N32O19S2. The molecular weight excluding hydrogens is 1900 g/mol. The van der Waals surface area contributed by atoms with Crippen LogP contribution in [0.3, 0.4) is 0 Å². The van der Waals surface area contributed by atoms with Gasteiger partial charge in [-0.05, 0) is 193 Å². The Morgan fingerprint density at radius 3 is 1.34 bits per heavy atom. The highest BCUT2D eigenvalue weighted by Crippen LogP contribution is 2.27. The van der Waals surface area contributed by atoms with Crippen LogP contribution < -0.4 is 149 Å². The lowest BCUT2D eigenvalue weighted by Gasteiger charge is -2.31. The first-order chi connectivity index (χ1) is 68.2. The summed E-state index contributed by atoms with van der Waals surface area (Å²) < 4.78 is 0. The van der Waals surface area contributed by atoms with Crippen molar-refractivity contribution in [2.45, 2.75) is 232 Å². The van der Waals surface area contributed by atoms with Gasteiger partial charge in [0, 0.05) is 76.6 Å². The molecule has 2 aliphatic rings. The number of aliphatic carboxylic acids is 1. The fourth-order valence-corrected chi connectivity index (χ4v) is 17.7. The van der Waals surface area contributed by atoms with Crippen LogP contribution in [0.2, 0.25) is 0 Å². The highest BCUT2D eigenvalue weighted by atomic mass is 33.1. The smallest absolute Gasteiger partial charge is 0.326 e. The average Bonchev–Trinajstić information content (AvgIpc) is 1.72. The third-order valence-electron chi connectivity index (χ3n) is 22.9. The van der Waals surface area contributed by atoms with E-state index in [1.807, 2.05) is 6.07 Å². The van der Waals surface area contributed by atoms with Crippen molar-refractivity contribution in [2.24, 2.45) is 94.5 Å². The molecule has 0 aliphatic carbocycles. The van der Waals surface area contributed by atoms with Crippen molar-refractivity contribution in [1.29, 1.82) is 0 Å². The van der Waals surface area contributed by atoms with Crippen LogP contribution in [0.4, 0.5) is 9.59 Å². The Morgan fingerprint density at radius 2 is 0.839 bits per heavy atom. The largest absolute Gasteiger partial charge is 0.508 e. The van der Waals surface area contributed by atoms with E-state index >= 15 is 57.5 Å². The van der Waals surface area contributed by atoms with E-state index in [0.717, 1.165) is 27.0 Å². The number of carbonyl (C=O) groups is 16. The molecule has 0 unspecified atom stereocenters. The number of rotatable bonds is 47. The summed E-state index contributed by atoms with van der Waals surface area (Å²) in [5.74, 6) is -17.5. The molecule has 0 aromatic heterocycles. The van der Waals surface area contributed by atoms with Crippen LogP contribution in [0.5, 0.6) is 11.5 Å². The summed E-state index contributed by atoms with van der Waals surface area (Å²) in [5.41, 5.74) is 75.5. The lowest BCUT2D eigenvalue weighted by molar-refractivity contribution is -0.142. The second-order valence-electron chi connectivity index (χ2n) is 34.3. The number of hydrogen-bond donors (Lipinski definition) is 30. The molecule has 4 aromatic rings. The van der Waals surface area contributed by atoms with E-state index in [2.05, 4.69) is 94.4 Å². The molecule has 786 valence electrons. The van der Waals surface area contributed by atoms with Gasteiger partial charge in [-0.15, -0.1) is 0 Å². The molecule has 43 N–H and O–H groups in total. The van der Waals surface area contributed by atoms with Crippen molar-refractivity contribution in [3.63, 3.8) is 0 Å². The number of aromatic hydroxyl groups is 2. The number of carbonyl (C=O) groups excluding carboxylic acids is 15. The Balaban J connectivity index is 1.62. The molecule has 51 nitrogen and oxygen atoms in total. The first-order valence-electron chi connectivity index (χ1n) is 47.1. The zero-order chi connectivity index (χ0) is 105. The number of carboxylic acids is 1. The van der Waals surface area contributed by atoms with Crippen molar-refractivity contribution >= 4 is 151 Å². The molecule has 0 saturated carbocycles. The summed E-state index contributed by atoms with van der Waals surface area (Å²) >= 11 is 0. The summed E-state index contributed by atoms with van der Waals surface area (Å²) in [5, 5.41) is 70.0. The molecule has 143 heavy (non-hydrogen) atoms. The third-order valence-corrected chi connectivity index (χ3v) is 25.3. The topological polar surface area (TPSA) is 893 Å². The van der Waals surface area contributed by atoms with Crippen LogP contribution in [0.25, 0.3) is 10.8 Å². The van der Waals surface area contributed by atoms with Gasteiger partial charge in [0.25, 0.3) is 0 Å². The van der Waals surface area contributed by atoms with Gasteiger partial charge < -0.3 is 169 Å². The van der Waals surface area contributed by atoms with E-state index in [1.54, 1.807) is 36.4 Å². The fourth-order valence-electron chi connectivity index (χ4n) is 15.4. The van der Waals surface area contributed by atoms with Crippen LogP contribution >= 0.6 is 21.6 Å². The molecule has 2 fully saturated rings. The van der Waals surface area contributed by atoms with Crippen molar-refractivity contribution in [3.8, 4) is 11.5 Å². The highest BCUT2D eigenvalue weighted by Gasteiger charge is 2.43. The third kappa shape index (κ3) is 43.7. The summed E-state index contributed by atoms with van der Waals surface area (Å²) in [4.78, 5) is 253. The van der Waals surface area contributed by atoms with Crippen molar-refractivity contribution < 1.29 is 92.0 Å². The van der Waals surface area contributed by atoms with Gasteiger partial charge in [0.15, 0.2) is 23.8 Å². The summed E-state index contributed by atoms with van der Waals surface area (Å²) in [6, 6.07) is -1.51. The number of hydrogen-bond acceptors (Lipinski definition) is 27. The number of amides is 17. The van der Waals surface area contributed by atoms with E-state index in [-0.39, 0.29) is 222 Å². The van der Waals surface area contributed by atoms with E-state index in [1.165, 1.54) is 53.4 Å². The first-order valence-corrected chi connectivity index (χ1v) is 49.6. The quantitative estimate of drug-likeness (QED) is 0.00846. The molecule has 6 rings (SSSR count). The van der Waals surface area contributed by atoms with Crippen molar-refractivity contribution in [1.82, 2.24) is 79.3 Å². The highest BCUT2D eigenvalue weighted by molar-refractivity contribution is 8.76. The lowest BCUT2D eigenvalue weighted by atomic mass is 10.00. The monoisotopic (exact) mass is 2040 g/mol. The normalized spacial score (nSPS) is 20.2. The van der Waals surface area contributed by atoms with Gasteiger partial charge in [-0.2, -0.15) is 0 Å². The molecule has 17 amide bonds. The number of unbranched alkanes of at least 4 members (excludes halogenated alkanes) is 2. The van der Waals surface area contributed by atoms with Crippen molar-refractivity contribution in [2.75, 3.05) is 70.4 Å². The minimum atomic E-state index is -1.91. The van der Waals surface area contributed by atoms with E-state index < -0.39 is 204 Å². The number of phenolic OH excluding ortho intramolecular Hbond substituents is 2. The number of phenols is 2. The molecule has 0 radical (unpaired) electrons. The zero-order valence-electron chi connectivity index (χ0n) is 79.7. The Morgan fingerprint density at radius 1 is 0.420 bits per heavy atom. The number of nitrogens with zero attached hydrogens (tertiary/aromatic N) is 5. The molecule has 4 aromatic carbocycles. The predicted octanol–water partition coefficient (Wildman–Crippen LogP) is -6.74. The second kappa shape index (κ2) is 62.6. The number of primary amides is 2. The van der Waals surface area contributed by atoms with Crippen molar-refractivity contribution in [3.05, 3.63) is 108 Å². The van der Waals surface area contributed by atoms with Crippen LogP contribution in [-0.2, 0) is 86.4 Å². The average molecular weight is 2040 g/mol. The Labute approximate surface area is 834 Å². The Kier molecular flexibility index (Phi) is 51.4.